The van der Waals surface area contributed by atoms with Gasteiger partial charge in [0.2, 0.25) is 5.95 Å². The van der Waals surface area contributed by atoms with Crippen LogP contribution in [-0.4, -0.2) is 22.6 Å². The monoisotopic (exact) mass is 282 g/mol. The molecule has 0 amide bonds. The molecule has 2 heterocycles. The molecule has 1 aromatic carbocycles. The Balaban J connectivity index is 1.90. The van der Waals surface area contributed by atoms with Crippen LogP contribution in [-0.2, 0) is 12.8 Å². The highest BCUT2D eigenvalue weighted by Gasteiger charge is 2.23. The summed E-state index contributed by atoms with van der Waals surface area (Å²) in [6.45, 7) is 5.23. The Morgan fingerprint density at radius 2 is 2.00 bits per heavy atom. The van der Waals surface area contributed by atoms with Gasteiger partial charge in [-0.15, -0.1) is 0 Å². The second kappa shape index (κ2) is 5.82. The SMILES string of the molecule is CC(N)Cc1cnc(N2CC(C)Cc3ccccc32)nc1. The summed E-state index contributed by atoms with van der Waals surface area (Å²) in [7, 11) is 0. The number of aromatic nitrogens is 2. The fourth-order valence-electron chi connectivity index (χ4n) is 2.95. The first-order valence-corrected chi connectivity index (χ1v) is 7.55. The van der Waals surface area contributed by atoms with E-state index < -0.39 is 0 Å². The minimum atomic E-state index is 0.134. The van der Waals surface area contributed by atoms with Crippen LogP contribution in [0.3, 0.4) is 0 Å². The molecule has 0 bridgehead atoms. The van der Waals surface area contributed by atoms with Crippen molar-refractivity contribution in [2.24, 2.45) is 11.7 Å². The molecule has 2 unspecified atom stereocenters. The Morgan fingerprint density at radius 3 is 2.71 bits per heavy atom. The zero-order valence-corrected chi connectivity index (χ0v) is 12.7. The van der Waals surface area contributed by atoms with Crippen LogP contribution < -0.4 is 10.6 Å². The van der Waals surface area contributed by atoms with E-state index in [9.17, 15) is 0 Å². The number of benzene rings is 1. The van der Waals surface area contributed by atoms with E-state index in [1.165, 1.54) is 11.3 Å². The molecule has 0 saturated carbocycles. The summed E-state index contributed by atoms with van der Waals surface area (Å²) in [5, 5.41) is 0. The van der Waals surface area contributed by atoms with E-state index in [1.54, 1.807) is 0 Å². The van der Waals surface area contributed by atoms with Gasteiger partial charge in [-0.2, -0.15) is 0 Å². The second-order valence-corrected chi connectivity index (χ2v) is 6.12. The standard InChI is InChI=1S/C17H22N4/c1-12-7-15-5-3-4-6-16(15)21(11-12)17-19-9-14(10-20-17)8-13(2)18/h3-6,9-10,12-13H,7-8,11,18H2,1-2H3. The maximum Gasteiger partial charge on any atom is 0.229 e. The molecule has 0 fully saturated rings. The van der Waals surface area contributed by atoms with E-state index in [-0.39, 0.29) is 6.04 Å². The van der Waals surface area contributed by atoms with Gasteiger partial charge in [0.1, 0.15) is 0 Å². The Bertz CT molecular complexity index is 606. The van der Waals surface area contributed by atoms with E-state index in [0.29, 0.717) is 5.92 Å². The topological polar surface area (TPSA) is 55.0 Å². The normalized spacial score (nSPS) is 19.2. The molecular formula is C17H22N4. The molecule has 110 valence electrons. The lowest BCUT2D eigenvalue weighted by atomic mass is 9.94. The summed E-state index contributed by atoms with van der Waals surface area (Å²) in [4.78, 5) is 11.3. The van der Waals surface area contributed by atoms with Crippen LogP contribution in [0.25, 0.3) is 0 Å². The molecule has 0 spiro atoms. The van der Waals surface area contributed by atoms with Gasteiger partial charge in [0, 0.05) is 30.7 Å². The molecule has 0 aliphatic carbocycles. The van der Waals surface area contributed by atoms with Crippen LogP contribution in [0.2, 0.25) is 0 Å². The molecule has 1 aliphatic rings. The molecule has 4 heteroatoms. The van der Waals surface area contributed by atoms with E-state index in [2.05, 4.69) is 46.1 Å². The smallest absolute Gasteiger partial charge is 0.229 e. The average molecular weight is 282 g/mol. The summed E-state index contributed by atoms with van der Waals surface area (Å²) in [6.07, 6.45) is 5.73. The second-order valence-electron chi connectivity index (χ2n) is 6.12. The minimum Gasteiger partial charge on any atom is -0.328 e. The molecule has 3 rings (SSSR count). The minimum absolute atomic E-state index is 0.134. The zero-order chi connectivity index (χ0) is 14.8. The number of para-hydroxylation sites is 1. The molecule has 2 N–H and O–H groups in total. The molecule has 21 heavy (non-hydrogen) atoms. The molecule has 0 saturated heterocycles. The van der Waals surface area contributed by atoms with Gasteiger partial charge in [-0.25, -0.2) is 9.97 Å². The Labute approximate surface area is 126 Å². The number of hydrogen-bond acceptors (Lipinski definition) is 4. The zero-order valence-electron chi connectivity index (χ0n) is 12.7. The maximum absolute atomic E-state index is 5.82. The van der Waals surface area contributed by atoms with Gasteiger partial charge in [0.15, 0.2) is 0 Å². The summed E-state index contributed by atoms with van der Waals surface area (Å²) in [5.41, 5.74) is 9.52. The van der Waals surface area contributed by atoms with Crippen molar-refractivity contribution in [1.29, 1.82) is 0 Å². The lowest BCUT2D eigenvalue weighted by Crippen LogP contribution is -2.31. The van der Waals surface area contributed by atoms with Crippen LogP contribution in [0.1, 0.15) is 25.0 Å². The van der Waals surface area contributed by atoms with E-state index >= 15 is 0 Å². The first-order valence-electron chi connectivity index (χ1n) is 7.55. The molecular weight excluding hydrogens is 260 g/mol. The Morgan fingerprint density at radius 1 is 1.29 bits per heavy atom. The van der Waals surface area contributed by atoms with Crippen LogP contribution in [0.5, 0.6) is 0 Å². The van der Waals surface area contributed by atoms with E-state index in [0.717, 1.165) is 30.9 Å². The molecule has 4 nitrogen and oxygen atoms in total. The third kappa shape index (κ3) is 3.05. The molecule has 0 radical (unpaired) electrons. The first-order chi connectivity index (χ1) is 10.1. The number of hydrogen-bond donors (Lipinski definition) is 1. The van der Waals surface area contributed by atoms with E-state index in [1.807, 2.05) is 19.3 Å². The fourth-order valence-corrected chi connectivity index (χ4v) is 2.95. The van der Waals surface area contributed by atoms with Gasteiger partial charge < -0.3 is 10.6 Å². The van der Waals surface area contributed by atoms with Gasteiger partial charge in [0.05, 0.1) is 0 Å². The quantitative estimate of drug-likeness (QED) is 0.940. The third-order valence-corrected chi connectivity index (χ3v) is 3.84. The van der Waals surface area contributed by atoms with Crippen molar-refractivity contribution < 1.29 is 0 Å². The van der Waals surface area contributed by atoms with Gasteiger partial charge >= 0.3 is 0 Å². The number of fused-ring (bicyclic) bond motifs is 1. The highest BCUT2D eigenvalue weighted by atomic mass is 15.3. The van der Waals surface area contributed by atoms with Gasteiger partial charge in [-0.3, -0.25) is 0 Å². The largest absolute Gasteiger partial charge is 0.328 e. The van der Waals surface area contributed by atoms with Crippen molar-refractivity contribution in [3.63, 3.8) is 0 Å². The Kier molecular flexibility index (Phi) is 3.88. The maximum atomic E-state index is 5.82. The molecule has 1 aliphatic heterocycles. The van der Waals surface area contributed by atoms with Crippen molar-refractivity contribution in [1.82, 2.24) is 9.97 Å². The van der Waals surface area contributed by atoms with Crippen LogP contribution in [0.15, 0.2) is 36.7 Å². The van der Waals surface area contributed by atoms with Crippen molar-refractivity contribution in [2.75, 3.05) is 11.4 Å². The van der Waals surface area contributed by atoms with Gasteiger partial charge in [-0.05, 0) is 42.9 Å². The van der Waals surface area contributed by atoms with Crippen LogP contribution in [0, 0.1) is 5.92 Å². The predicted molar refractivity (Wildman–Crippen MR) is 85.7 cm³/mol. The molecule has 2 atom stereocenters. The van der Waals surface area contributed by atoms with Gasteiger partial charge in [0.25, 0.3) is 0 Å². The summed E-state index contributed by atoms with van der Waals surface area (Å²) in [6, 6.07) is 8.66. The lowest BCUT2D eigenvalue weighted by molar-refractivity contribution is 0.557. The van der Waals surface area contributed by atoms with Crippen LogP contribution >= 0.6 is 0 Å². The van der Waals surface area contributed by atoms with Crippen molar-refractivity contribution >= 4 is 11.6 Å². The molecule has 1 aromatic heterocycles. The first kappa shape index (κ1) is 14.0. The summed E-state index contributed by atoms with van der Waals surface area (Å²) >= 11 is 0. The fraction of sp³-hybridized carbons (Fsp3) is 0.412. The van der Waals surface area contributed by atoms with E-state index in [4.69, 9.17) is 5.73 Å². The van der Waals surface area contributed by atoms with Crippen molar-refractivity contribution in [3.8, 4) is 0 Å². The summed E-state index contributed by atoms with van der Waals surface area (Å²) < 4.78 is 0. The van der Waals surface area contributed by atoms with Crippen molar-refractivity contribution in [3.05, 3.63) is 47.8 Å². The lowest BCUT2D eigenvalue weighted by Gasteiger charge is -2.33. The third-order valence-electron chi connectivity index (χ3n) is 3.84. The number of nitrogens with two attached hydrogens (primary N) is 1. The Hall–Kier alpha value is -1.94. The van der Waals surface area contributed by atoms with Crippen molar-refractivity contribution in [2.45, 2.75) is 32.7 Å². The highest BCUT2D eigenvalue weighted by Crippen LogP contribution is 2.33. The number of anilines is 2. The van der Waals surface area contributed by atoms with Crippen LogP contribution in [0.4, 0.5) is 11.6 Å². The summed E-state index contributed by atoms with van der Waals surface area (Å²) in [5.74, 6) is 1.38. The average Bonchev–Trinajstić information content (AvgIpc) is 2.46. The number of rotatable bonds is 3. The highest BCUT2D eigenvalue weighted by molar-refractivity contribution is 5.63. The number of nitrogens with zero attached hydrogens (tertiary/aromatic N) is 3. The van der Waals surface area contributed by atoms with Gasteiger partial charge in [-0.1, -0.05) is 25.1 Å². The molecule has 2 aromatic rings. The predicted octanol–water partition coefficient (Wildman–Crippen LogP) is 2.70.